The van der Waals surface area contributed by atoms with Crippen LogP contribution in [-0.2, 0) is 17.8 Å². The maximum atomic E-state index is 15.6. The highest BCUT2D eigenvalue weighted by atomic mass is 19.1. The van der Waals surface area contributed by atoms with Gasteiger partial charge >= 0.3 is 5.97 Å². The number of hydrogen-bond donors (Lipinski definition) is 1. The number of pyridine rings is 1. The lowest BCUT2D eigenvalue weighted by Crippen LogP contribution is -2.27. The Kier molecular flexibility index (Phi) is 7.57. The molecule has 0 spiro atoms. The third-order valence-corrected chi connectivity index (χ3v) is 7.94. The Morgan fingerprint density at radius 1 is 1.07 bits per heavy atom. The summed E-state index contributed by atoms with van der Waals surface area (Å²) >= 11 is 0. The summed E-state index contributed by atoms with van der Waals surface area (Å²) in [5.41, 5.74) is 3.58. The number of halogens is 2. The van der Waals surface area contributed by atoms with E-state index < -0.39 is 17.6 Å². The van der Waals surface area contributed by atoms with Crippen molar-refractivity contribution in [3.8, 4) is 23.2 Å². The molecule has 1 N–H and O–H groups in total. The molecular formula is C34H28F2N4O4. The van der Waals surface area contributed by atoms with Crippen LogP contribution in [0.4, 0.5) is 8.78 Å². The Morgan fingerprint density at radius 3 is 2.55 bits per heavy atom. The molecule has 1 atom stereocenters. The molecule has 44 heavy (non-hydrogen) atoms. The van der Waals surface area contributed by atoms with Crippen LogP contribution in [0.2, 0.25) is 0 Å². The first-order chi connectivity index (χ1) is 21.1. The molecule has 0 bridgehead atoms. The van der Waals surface area contributed by atoms with Crippen LogP contribution in [0.1, 0.15) is 52.8 Å². The lowest BCUT2D eigenvalue weighted by molar-refractivity contribution is 0.0697. The van der Waals surface area contributed by atoms with Crippen molar-refractivity contribution >= 4 is 17.0 Å². The van der Waals surface area contributed by atoms with E-state index in [1.54, 1.807) is 48.5 Å². The fraction of sp³-hybridized carbons (Fsp3) is 0.235. The zero-order valence-electron chi connectivity index (χ0n) is 24.1. The van der Waals surface area contributed by atoms with E-state index in [0.717, 1.165) is 5.56 Å². The number of hydrogen-bond acceptors (Lipinski definition) is 6. The predicted molar refractivity (Wildman–Crippen MR) is 158 cm³/mol. The molecule has 0 amide bonds. The van der Waals surface area contributed by atoms with Crippen molar-refractivity contribution in [2.24, 2.45) is 5.41 Å². The zero-order chi connectivity index (χ0) is 31.0. The van der Waals surface area contributed by atoms with Gasteiger partial charge in [-0.25, -0.2) is 23.5 Å². The highest BCUT2D eigenvalue weighted by Gasteiger charge is 2.39. The Balaban J connectivity index is 1.29. The van der Waals surface area contributed by atoms with Crippen molar-refractivity contribution in [2.45, 2.75) is 32.9 Å². The van der Waals surface area contributed by atoms with E-state index in [0.29, 0.717) is 52.5 Å². The van der Waals surface area contributed by atoms with E-state index >= 15 is 4.39 Å². The van der Waals surface area contributed by atoms with Crippen LogP contribution in [0, 0.1) is 28.4 Å². The minimum absolute atomic E-state index is 0.0458. The van der Waals surface area contributed by atoms with Gasteiger partial charge in [-0.2, -0.15) is 5.26 Å². The second-order valence-corrected chi connectivity index (χ2v) is 11.5. The van der Waals surface area contributed by atoms with Crippen LogP contribution in [0.3, 0.4) is 0 Å². The molecule has 3 aromatic carbocycles. The van der Waals surface area contributed by atoms with E-state index in [4.69, 9.17) is 19.7 Å². The minimum atomic E-state index is -1.04. The van der Waals surface area contributed by atoms with E-state index in [1.807, 2.05) is 10.6 Å². The molecule has 5 aromatic rings. The number of carboxylic acids is 1. The number of nitriles is 1. The normalized spacial score (nSPS) is 15.8. The molecule has 3 heterocycles. The lowest BCUT2D eigenvalue weighted by atomic mass is 9.87. The topological polar surface area (TPSA) is 110 Å². The van der Waals surface area contributed by atoms with Gasteiger partial charge in [0.1, 0.15) is 18.2 Å². The molecule has 0 saturated carbocycles. The first-order valence-electron chi connectivity index (χ1n) is 14.0. The number of carboxylic acid groups (broad SMARTS) is 1. The minimum Gasteiger partial charge on any atom is -0.478 e. The molecule has 6 rings (SSSR count). The number of benzene rings is 3. The van der Waals surface area contributed by atoms with Crippen molar-refractivity contribution in [2.75, 3.05) is 13.2 Å². The monoisotopic (exact) mass is 594 g/mol. The van der Waals surface area contributed by atoms with Crippen LogP contribution >= 0.6 is 0 Å². The summed E-state index contributed by atoms with van der Waals surface area (Å²) in [6.45, 7) is 5.16. The van der Waals surface area contributed by atoms with Gasteiger partial charge in [0.2, 0.25) is 0 Å². The van der Waals surface area contributed by atoms with Gasteiger partial charge in [-0.3, -0.25) is 0 Å². The quantitative estimate of drug-likeness (QED) is 0.213. The second-order valence-electron chi connectivity index (χ2n) is 11.5. The molecule has 1 unspecified atom stereocenters. The number of fused-ring (bicyclic) bond motifs is 1. The molecule has 2 aromatic heterocycles. The summed E-state index contributed by atoms with van der Waals surface area (Å²) in [5.74, 6) is -1.80. The summed E-state index contributed by atoms with van der Waals surface area (Å²) in [5, 5.41) is 18.5. The van der Waals surface area contributed by atoms with Gasteiger partial charge in [0.15, 0.2) is 5.82 Å². The molecule has 10 heteroatoms. The number of ether oxygens (including phenoxy) is 2. The molecule has 1 saturated heterocycles. The van der Waals surface area contributed by atoms with Crippen LogP contribution in [-0.4, -0.2) is 38.8 Å². The maximum Gasteiger partial charge on any atom is 0.335 e. The van der Waals surface area contributed by atoms with Crippen molar-refractivity contribution in [3.63, 3.8) is 0 Å². The first-order valence-corrected chi connectivity index (χ1v) is 14.0. The molecule has 0 radical (unpaired) electrons. The fourth-order valence-corrected chi connectivity index (χ4v) is 5.46. The SMILES string of the molecule is CC1(C)COCC1n1c(Cc2ccc(-c3ccc(F)c(OCc4ccc(C#N)cc4)n3)cc2F)nc2ccc(C(=O)O)cc21. The Hall–Kier alpha value is -5.14. The standard InChI is InChI=1S/C34H28F2N4O4/c1-34(2)19-43-18-30(34)40-29-14-24(33(41)42)9-11-28(29)38-31(40)15-22-7-8-23(13-26(22)36)27-12-10-25(35)32(39-27)44-17-21-5-3-20(16-37)4-6-21/h3-14,30H,15,17-19H2,1-2H3,(H,41,42). The smallest absolute Gasteiger partial charge is 0.335 e. The zero-order valence-corrected chi connectivity index (χ0v) is 24.1. The van der Waals surface area contributed by atoms with Crippen LogP contribution in [0.15, 0.2) is 72.8 Å². The highest BCUT2D eigenvalue weighted by Crippen LogP contribution is 2.40. The number of rotatable bonds is 8. The van der Waals surface area contributed by atoms with Crippen molar-refractivity contribution in [3.05, 3.63) is 113 Å². The van der Waals surface area contributed by atoms with E-state index in [2.05, 4.69) is 18.8 Å². The number of carbonyl (C=O) groups is 1. The lowest BCUT2D eigenvalue weighted by Gasteiger charge is -2.28. The summed E-state index contributed by atoms with van der Waals surface area (Å²) in [4.78, 5) is 20.8. The van der Waals surface area contributed by atoms with Crippen molar-refractivity contribution in [1.29, 1.82) is 5.26 Å². The Morgan fingerprint density at radius 2 is 1.86 bits per heavy atom. The van der Waals surface area contributed by atoms with Gasteiger partial charge in [-0.05, 0) is 59.7 Å². The van der Waals surface area contributed by atoms with Gasteiger partial charge in [0.05, 0.1) is 53.2 Å². The predicted octanol–water partition coefficient (Wildman–Crippen LogP) is 6.71. The van der Waals surface area contributed by atoms with Gasteiger partial charge in [0, 0.05) is 17.4 Å². The van der Waals surface area contributed by atoms with Crippen LogP contribution < -0.4 is 4.74 Å². The maximum absolute atomic E-state index is 15.6. The van der Waals surface area contributed by atoms with Crippen molar-refractivity contribution in [1.82, 2.24) is 14.5 Å². The number of aromatic nitrogens is 3. The Labute approximate surface area is 252 Å². The third kappa shape index (κ3) is 5.62. The highest BCUT2D eigenvalue weighted by molar-refractivity contribution is 5.92. The van der Waals surface area contributed by atoms with E-state index in [-0.39, 0.29) is 35.9 Å². The number of imidazole rings is 1. The molecule has 1 fully saturated rings. The molecule has 8 nitrogen and oxygen atoms in total. The van der Waals surface area contributed by atoms with Gasteiger partial charge < -0.3 is 19.1 Å². The molecule has 222 valence electrons. The van der Waals surface area contributed by atoms with E-state index in [1.165, 1.54) is 24.3 Å². The Bertz CT molecular complexity index is 1930. The summed E-state index contributed by atoms with van der Waals surface area (Å²) in [6.07, 6.45) is 0.158. The average Bonchev–Trinajstić information content (AvgIpc) is 3.54. The summed E-state index contributed by atoms with van der Waals surface area (Å²) in [7, 11) is 0. The molecule has 1 aliphatic rings. The first kappa shape index (κ1) is 29.0. The number of aromatic carboxylic acids is 1. The fourth-order valence-electron chi connectivity index (χ4n) is 5.46. The van der Waals surface area contributed by atoms with E-state index in [9.17, 15) is 14.3 Å². The van der Waals surface area contributed by atoms with Gasteiger partial charge in [-0.15, -0.1) is 0 Å². The van der Waals surface area contributed by atoms with Crippen molar-refractivity contribution < 1.29 is 28.2 Å². The van der Waals surface area contributed by atoms with Gasteiger partial charge in [0.25, 0.3) is 5.88 Å². The summed E-state index contributed by atoms with van der Waals surface area (Å²) in [6, 6.07) is 20.8. The average molecular weight is 595 g/mol. The van der Waals surface area contributed by atoms with Gasteiger partial charge in [-0.1, -0.05) is 38.1 Å². The number of nitrogens with zero attached hydrogens (tertiary/aromatic N) is 4. The molecule has 1 aliphatic heterocycles. The summed E-state index contributed by atoms with van der Waals surface area (Å²) < 4.78 is 43.5. The largest absolute Gasteiger partial charge is 0.478 e. The van der Waals surface area contributed by atoms with Crippen LogP contribution in [0.5, 0.6) is 5.88 Å². The third-order valence-electron chi connectivity index (χ3n) is 7.94. The van der Waals surface area contributed by atoms with Crippen LogP contribution in [0.25, 0.3) is 22.3 Å². The molecule has 0 aliphatic carbocycles. The molecular weight excluding hydrogens is 566 g/mol. The second kappa shape index (κ2) is 11.5.